The number of carboxylic acid groups (broad SMARTS) is 1. The van der Waals surface area contributed by atoms with Gasteiger partial charge < -0.3 is 14.7 Å². The molecule has 3 rings (SSSR count). The molecule has 26 heavy (non-hydrogen) atoms. The van der Waals surface area contributed by atoms with Gasteiger partial charge in [-0.05, 0) is 48.1 Å². The van der Waals surface area contributed by atoms with Gasteiger partial charge in [-0.15, -0.1) is 0 Å². The molecule has 0 saturated heterocycles. The van der Waals surface area contributed by atoms with Gasteiger partial charge in [0.2, 0.25) is 5.91 Å². The summed E-state index contributed by atoms with van der Waals surface area (Å²) in [7, 11) is 1.82. The molecule has 0 bridgehead atoms. The first-order chi connectivity index (χ1) is 12.5. The average molecular weight is 353 g/mol. The number of nitrogens with zero attached hydrogens (tertiary/aromatic N) is 1. The van der Waals surface area contributed by atoms with Crippen molar-refractivity contribution in [3.63, 3.8) is 0 Å². The molecular formula is C21H23NO4. The molecule has 0 spiro atoms. The molecule has 136 valence electrons. The molecule has 5 nitrogen and oxygen atoms in total. The fraction of sp³-hybridized carbons (Fsp3) is 0.333. The summed E-state index contributed by atoms with van der Waals surface area (Å²) in [6.45, 7) is 2.25. The maximum absolute atomic E-state index is 12.7. The first kappa shape index (κ1) is 18.0. The molecule has 5 heteroatoms. The number of benzene rings is 2. The van der Waals surface area contributed by atoms with Gasteiger partial charge in [0.05, 0.1) is 0 Å². The Balaban J connectivity index is 1.55. The molecule has 0 aromatic heterocycles. The highest BCUT2D eigenvalue weighted by Gasteiger charge is 2.45. The van der Waals surface area contributed by atoms with E-state index in [1.165, 1.54) is 11.1 Å². The summed E-state index contributed by atoms with van der Waals surface area (Å²) in [6, 6.07) is 15.4. The number of hydrogen-bond donors (Lipinski definition) is 1. The van der Waals surface area contributed by atoms with Crippen molar-refractivity contribution < 1.29 is 19.4 Å². The number of aryl methyl sites for hydroxylation is 1. The van der Waals surface area contributed by atoms with Gasteiger partial charge >= 0.3 is 5.97 Å². The Kier molecular flexibility index (Phi) is 5.26. The van der Waals surface area contributed by atoms with Crippen LogP contribution in [-0.4, -0.2) is 35.5 Å². The number of aliphatic carboxylic acids is 1. The summed E-state index contributed by atoms with van der Waals surface area (Å²) in [6.07, 6.45) is 0.913. The van der Waals surface area contributed by atoms with Crippen molar-refractivity contribution in [2.75, 3.05) is 13.7 Å². The molecular weight excluding hydrogens is 330 g/mol. The van der Waals surface area contributed by atoms with Crippen molar-refractivity contribution in [3.8, 4) is 5.75 Å². The van der Waals surface area contributed by atoms with Gasteiger partial charge in [-0.25, -0.2) is 4.79 Å². The average Bonchev–Trinajstić information content (AvgIpc) is 3.41. The van der Waals surface area contributed by atoms with Gasteiger partial charge in [-0.1, -0.05) is 36.4 Å². The summed E-state index contributed by atoms with van der Waals surface area (Å²) >= 11 is 0. The van der Waals surface area contributed by atoms with E-state index in [2.05, 4.69) is 19.1 Å². The highest BCUT2D eigenvalue weighted by Crippen LogP contribution is 2.49. The number of carbonyl (C=O) groups is 2. The van der Waals surface area contributed by atoms with E-state index >= 15 is 0 Å². The SMILES string of the molecule is Cc1ccccc1C1CC1C(=O)N(C)Cc1ccc(OCC(=O)O)cc1. The zero-order chi connectivity index (χ0) is 18.7. The molecule has 1 N–H and O–H groups in total. The highest BCUT2D eigenvalue weighted by molar-refractivity contribution is 5.83. The van der Waals surface area contributed by atoms with E-state index in [1.54, 1.807) is 17.0 Å². The number of amides is 1. The van der Waals surface area contributed by atoms with Gasteiger partial charge in [0.15, 0.2) is 6.61 Å². The monoisotopic (exact) mass is 353 g/mol. The van der Waals surface area contributed by atoms with Gasteiger partial charge in [-0.3, -0.25) is 4.79 Å². The van der Waals surface area contributed by atoms with Crippen LogP contribution in [0.25, 0.3) is 0 Å². The van der Waals surface area contributed by atoms with Crippen molar-refractivity contribution in [3.05, 3.63) is 65.2 Å². The highest BCUT2D eigenvalue weighted by atomic mass is 16.5. The topological polar surface area (TPSA) is 66.8 Å². The first-order valence-electron chi connectivity index (χ1n) is 8.69. The fourth-order valence-electron chi connectivity index (χ4n) is 3.29. The molecule has 1 saturated carbocycles. The zero-order valence-corrected chi connectivity index (χ0v) is 15.0. The van der Waals surface area contributed by atoms with Crippen LogP contribution in [0, 0.1) is 12.8 Å². The Hall–Kier alpha value is -2.82. The van der Waals surface area contributed by atoms with Crippen molar-refractivity contribution in [2.24, 2.45) is 5.92 Å². The van der Waals surface area contributed by atoms with Crippen LogP contribution in [0.5, 0.6) is 5.75 Å². The van der Waals surface area contributed by atoms with Crippen LogP contribution < -0.4 is 4.74 Å². The number of carbonyl (C=O) groups excluding carboxylic acids is 1. The molecule has 1 amide bonds. The third kappa shape index (κ3) is 4.23. The van der Waals surface area contributed by atoms with Crippen LogP contribution in [0.1, 0.15) is 29.0 Å². The standard InChI is InChI=1S/C21H23NO4/c1-14-5-3-4-6-17(14)18-11-19(18)21(25)22(2)12-15-7-9-16(10-8-15)26-13-20(23)24/h3-10,18-19H,11-13H2,1-2H3,(H,23,24). The summed E-state index contributed by atoms with van der Waals surface area (Å²) in [5.41, 5.74) is 3.50. The summed E-state index contributed by atoms with van der Waals surface area (Å²) < 4.78 is 5.12. The predicted octanol–water partition coefficient (Wildman–Crippen LogP) is 3.22. The number of rotatable bonds is 7. The van der Waals surface area contributed by atoms with Gasteiger partial charge in [-0.2, -0.15) is 0 Å². The second-order valence-corrected chi connectivity index (χ2v) is 6.83. The van der Waals surface area contributed by atoms with E-state index in [1.807, 2.05) is 31.3 Å². The molecule has 2 aromatic rings. The van der Waals surface area contributed by atoms with Crippen LogP contribution in [0.2, 0.25) is 0 Å². The van der Waals surface area contributed by atoms with Crippen LogP contribution in [0.4, 0.5) is 0 Å². The van der Waals surface area contributed by atoms with Gasteiger partial charge in [0, 0.05) is 19.5 Å². The molecule has 1 aliphatic carbocycles. The maximum atomic E-state index is 12.7. The molecule has 1 fully saturated rings. The van der Waals surface area contributed by atoms with Crippen LogP contribution in [0.3, 0.4) is 0 Å². The van der Waals surface area contributed by atoms with Crippen LogP contribution >= 0.6 is 0 Å². The van der Waals surface area contributed by atoms with Crippen molar-refractivity contribution in [1.82, 2.24) is 4.90 Å². The second kappa shape index (κ2) is 7.60. The minimum Gasteiger partial charge on any atom is -0.482 e. The maximum Gasteiger partial charge on any atom is 0.341 e. The normalized spacial score (nSPS) is 18.2. The lowest BCUT2D eigenvalue weighted by Crippen LogP contribution is -2.28. The zero-order valence-electron chi connectivity index (χ0n) is 15.0. The largest absolute Gasteiger partial charge is 0.482 e. The third-order valence-electron chi connectivity index (χ3n) is 4.78. The minimum atomic E-state index is -1.01. The van der Waals surface area contributed by atoms with Crippen molar-refractivity contribution in [1.29, 1.82) is 0 Å². The van der Waals surface area contributed by atoms with Gasteiger partial charge in [0.1, 0.15) is 5.75 Å². The number of hydrogen-bond acceptors (Lipinski definition) is 3. The van der Waals surface area contributed by atoms with Crippen LogP contribution in [-0.2, 0) is 16.1 Å². The predicted molar refractivity (Wildman–Crippen MR) is 98.1 cm³/mol. The Bertz CT molecular complexity index is 800. The van der Waals surface area contributed by atoms with Crippen LogP contribution in [0.15, 0.2) is 48.5 Å². The van der Waals surface area contributed by atoms with E-state index in [-0.39, 0.29) is 18.4 Å². The van der Waals surface area contributed by atoms with E-state index in [0.717, 1.165) is 12.0 Å². The van der Waals surface area contributed by atoms with E-state index in [9.17, 15) is 9.59 Å². The summed E-state index contributed by atoms with van der Waals surface area (Å²) in [4.78, 5) is 25.0. The quantitative estimate of drug-likeness (QED) is 0.830. The summed E-state index contributed by atoms with van der Waals surface area (Å²) in [5, 5.41) is 8.62. The third-order valence-corrected chi connectivity index (χ3v) is 4.78. The Morgan fingerprint density at radius 3 is 2.50 bits per heavy atom. The molecule has 0 radical (unpaired) electrons. The van der Waals surface area contributed by atoms with E-state index in [4.69, 9.17) is 9.84 Å². The molecule has 0 aliphatic heterocycles. The molecule has 0 heterocycles. The Labute approximate surface area is 153 Å². The lowest BCUT2D eigenvalue weighted by molar-refractivity contribution is -0.139. The first-order valence-corrected chi connectivity index (χ1v) is 8.69. The van der Waals surface area contributed by atoms with Crippen molar-refractivity contribution >= 4 is 11.9 Å². The molecule has 2 atom stereocenters. The second-order valence-electron chi connectivity index (χ2n) is 6.83. The molecule has 2 aromatic carbocycles. The van der Waals surface area contributed by atoms with E-state index in [0.29, 0.717) is 18.2 Å². The summed E-state index contributed by atoms with van der Waals surface area (Å²) in [5.74, 6) is 0.0701. The van der Waals surface area contributed by atoms with E-state index < -0.39 is 5.97 Å². The number of ether oxygens (including phenoxy) is 1. The lowest BCUT2D eigenvalue weighted by atomic mass is 10.0. The van der Waals surface area contributed by atoms with Gasteiger partial charge in [0.25, 0.3) is 0 Å². The lowest BCUT2D eigenvalue weighted by Gasteiger charge is -2.18. The van der Waals surface area contributed by atoms with Crippen molar-refractivity contribution in [2.45, 2.75) is 25.8 Å². The smallest absolute Gasteiger partial charge is 0.341 e. The fourth-order valence-corrected chi connectivity index (χ4v) is 3.29. The Morgan fingerprint density at radius 1 is 1.15 bits per heavy atom. The minimum absolute atomic E-state index is 0.0688. The number of carboxylic acids is 1. The molecule has 1 aliphatic rings. The Morgan fingerprint density at radius 2 is 1.85 bits per heavy atom. The molecule has 2 unspecified atom stereocenters.